The highest BCUT2D eigenvalue weighted by Gasteiger charge is 2.23. The number of ether oxygens (including phenoxy) is 1. The van der Waals surface area contributed by atoms with Gasteiger partial charge in [0.2, 0.25) is 5.88 Å². The molecule has 0 amide bonds. The second kappa shape index (κ2) is 5.61. The van der Waals surface area contributed by atoms with Gasteiger partial charge >= 0.3 is 0 Å². The number of anilines is 1. The number of nitrogen functional groups attached to an aromatic ring is 1. The summed E-state index contributed by atoms with van der Waals surface area (Å²) in [7, 11) is 4.09. The van der Waals surface area contributed by atoms with Gasteiger partial charge in [0.25, 0.3) is 0 Å². The molecular weight excluding hydrogens is 228 g/mol. The largest absolute Gasteiger partial charge is 0.474 e. The molecular formula is C13H26N4O. The molecule has 104 valence electrons. The average molecular weight is 254 g/mol. The van der Waals surface area contributed by atoms with Gasteiger partial charge in [0, 0.05) is 12.1 Å². The normalized spacial score (nSPS) is 12.2. The van der Waals surface area contributed by atoms with Gasteiger partial charge in [-0.15, -0.1) is 0 Å². The maximum absolute atomic E-state index is 6.02. The van der Waals surface area contributed by atoms with Crippen LogP contribution < -0.4 is 10.5 Å². The fourth-order valence-electron chi connectivity index (χ4n) is 1.46. The molecule has 0 saturated carbocycles. The molecule has 0 spiro atoms. The minimum Gasteiger partial charge on any atom is -0.474 e. The Kier molecular flexibility index (Phi) is 4.62. The van der Waals surface area contributed by atoms with Crippen molar-refractivity contribution < 1.29 is 4.74 Å². The minimum absolute atomic E-state index is 0.0400. The lowest BCUT2D eigenvalue weighted by Crippen LogP contribution is -2.43. The summed E-state index contributed by atoms with van der Waals surface area (Å²) in [5, 5.41) is 4.40. The molecule has 5 heteroatoms. The third kappa shape index (κ3) is 3.16. The first-order valence-electron chi connectivity index (χ1n) is 6.42. The molecule has 0 unspecified atom stereocenters. The van der Waals surface area contributed by atoms with E-state index in [2.05, 4.69) is 30.8 Å². The Hall–Kier alpha value is -1.23. The molecule has 0 aliphatic heterocycles. The Balaban J connectivity index is 2.84. The van der Waals surface area contributed by atoms with Crippen molar-refractivity contribution in [1.82, 2.24) is 14.7 Å². The van der Waals surface area contributed by atoms with E-state index in [0.717, 1.165) is 18.7 Å². The molecule has 0 fully saturated rings. The number of likely N-dealkylation sites (N-methyl/N-ethyl adjacent to an activating group) is 1. The van der Waals surface area contributed by atoms with Gasteiger partial charge in [0.05, 0.1) is 5.69 Å². The fourth-order valence-corrected chi connectivity index (χ4v) is 1.46. The van der Waals surface area contributed by atoms with E-state index in [1.54, 1.807) is 0 Å². The van der Waals surface area contributed by atoms with Crippen LogP contribution in [0.2, 0.25) is 0 Å². The van der Waals surface area contributed by atoms with Crippen molar-refractivity contribution >= 4 is 5.69 Å². The minimum atomic E-state index is -0.0400. The predicted molar refractivity (Wildman–Crippen MR) is 74.9 cm³/mol. The van der Waals surface area contributed by atoms with E-state index in [1.807, 2.05) is 25.7 Å². The lowest BCUT2D eigenvalue weighted by atomic mass is 10.1. The first-order chi connectivity index (χ1) is 8.29. The van der Waals surface area contributed by atoms with E-state index in [1.165, 1.54) is 0 Å². The van der Waals surface area contributed by atoms with Crippen LogP contribution in [0.4, 0.5) is 5.69 Å². The van der Waals surface area contributed by atoms with Crippen LogP contribution in [0.5, 0.6) is 5.88 Å². The standard InChI is InChI=1S/C13H26N4O/c1-7-8-17-12(11(14)10(2)15-17)18-9-13(3,4)16(5)6/h7-9,14H2,1-6H3. The molecule has 0 radical (unpaired) electrons. The van der Waals surface area contributed by atoms with Crippen LogP contribution in [-0.2, 0) is 6.54 Å². The average Bonchev–Trinajstić information content (AvgIpc) is 2.53. The number of hydrogen-bond donors (Lipinski definition) is 1. The maximum Gasteiger partial charge on any atom is 0.236 e. The first-order valence-corrected chi connectivity index (χ1v) is 6.42. The maximum atomic E-state index is 6.02. The number of rotatable bonds is 6. The van der Waals surface area contributed by atoms with Crippen molar-refractivity contribution in [1.29, 1.82) is 0 Å². The third-order valence-corrected chi connectivity index (χ3v) is 3.33. The van der Waals surface area contributed by atoms with Gasteiger partial charge in [0.1, 0.15) is 12.3 Å². The van der Waals surface area contributed by atoms with Crippen LogP contribution in [0.1, 0.15) is 32.9 Å². The molecule has 1 aromatic heterocycles. The van der Waals surface area contributed by atoms with Crippen molar-refractivity contribution in [3.63, 3.8) is 0 Å². The van der Waals surface area contributed by atoms with E-state index in [9.17, 15) is 0 Å². The predicted octanol–water partition coefficient (Wildman–Crippen LogP) is 1.90. The Morgan fingerprint density at radius 2 is 2.00 bits per heavy atom. The van der Waals surface area contributed by atoms with Gasteiger partial charge in [-0.05, 0) is 41.3 Å². The van der Waals surface area contributed by atoms with E-state index >= 15 is 0 Å². The highest BCUT2D eigenvalue weighted by atomic mass is 16.5. The van der Waals surface area contributed by atoms with Gasteiger partial charge in [-0.3, -0.25) is 0 Å². The van der Waals surface area contributed by atoms with E-state index in [4.69, 9.17) is 10.5 Å². The Morgan fingerprint density at radius 3 is 2.50 bits per heavy atom. The number of nitrogens with two attached hydrogens (primary N) is 1. The van der Waals surface area contributed by atoms with Gasteiger partial charge in [-0.25, -0.2) is 4.68 Å². The summed E-state index contributed by atoms with van der Waals surface area (Å²) in [6, 6.07) is 0. The first kappa shape index (κ1) is 14.8. The van der Waals surface area contributed by atoms with Crippen molar-refractivity contribution in [2.45, 2.75) is 46.2 Å². The number of aryl methyl sites for hydroxylation is 2. The van der Waals surface area contributed by atoms with Crippen LogP contribution in [0.25, 0.3) is 0 Å². The molecule has 0 bridgehead atoms. The van der Waals surface area contributed by atoms with Crippen molar-refractivity contribution in [2.24, 2.45) is 0 Å². The van der Waals surface area contributed by atoms with Crippen molar-refractivity contribution in [2.75, 3.05) is 26.4 Å². The zero-order valence-electron chi connectivity index (χ0n) is 12.4. The zero-order chi connectivity index (χ0) is 13.9. The molecule has 1 aromatic rings. The highest BCUT2D eigenvalue weighted by molar-refractivity contribution is 5.52. The lowest BCUT2D eigenvalue weighted by Gasteiger charge is -2.32. The highest BCUT2D eigenvalue weighted by Crippen LogP contribution is 2.26. The summed E-state index contributed by atoms with van der Waals surface area (Å²) in [4.78, 5) is 2.14. The second-order valence-corrected chi connectivity index (χ2v) is 5.52. The monoisotopic (exact) mass is 254 g/mol. The van der Waals surface area contributed by atoms with E-state index in [-0.39, 0.29) is 5.54 Å². The van der Waals surface area contributed by atoms with Crippen LogP contribution >= 0.6 is 0 Å². The molecule has 18 heavy (non-hydrogen) atoms. The van der Waals surface area contributed by atoms with Gasteiger partial charge in [-0.1, -0.05) is 6.92 Å². The summed E-state index contributed by atoms with van der Waals surface area (Å²) in [6.45, 7) is 9.70. The topological polar surface area (TPSA) is 56.3 Å². The van der Waals surface area contributed by atoms with Gasteiger partial charge in [-0.2, -0.15) is 5.10 Å². The summed E-state index contributed by atoms with van der Waals surface area (Å²) in [6.07, 6.45) is 1.01. The van der Waals surface area contributed by atoms with E-state index < -0.39 is 0 Å². The summed E-state index contributed by atoms with van der Waals surface area (Å²) >= 11 is 0. The SMILES string of the molecule is CCCn1nc(C)c(N)c1OCC(C)(C)N(C)C. The molecule has 0 aliphatic rings. The lowest BCUT2D eigenvalue weighted by molar-refractivity contribution is 0.107. The molecule has 0 saturated heterocycles. The Morgan fingerprint density at radius 1 is 1.39 bits per heavy atom. The molecule has 5 nitrogen and oxygen atoms in total. The van der Waals surface area contributed by atoms with E-state index in [0.29, 0.717) is 18.2 Å². The summed E-state index contributed by atoms with van der Waals surface area (Å²) < 4.78 is 7.76. The Labute approximate surface area is 110 Å². The quantitative estimate of drug-likeness (QED) is 0.842. The molecule has 0 aliphatic carbocycles. The van der Waals surface area contributed by atoms with Crippen LogP contribution in [0, 0.1) is 6.92 Å². The zero-order valence-corrected chi connectivity index (χ0v) is 12.4. The van der Waals surface area contributed by atoms with Crippen LogP contribution in [0.3, 0.4) is 0 Å². The third-order valence-electron chi connectivity index (χ3n) is 3.33. The Bertz CT molecular complexity index is 396. The molecule has 1 rings (SSSR count). The molecule has 1 heterocycles. The molecule has 0 atom stereocenters. The van der Waals surface area contributed by atoms with Gasteiger partial charge in [0.15, 0.2) is 0 Å². The summed E-state index contributed by atoms with van der Waals surface area (Å²) in [5.74, 6) is 0.698. The summed E-state index contributed by atoms with van der Waals surface area (Å²) in [5.41, 5.74) is 7.46. The number of nitrogens with zero attached hydrogens (tertiary/aromatic N) is 3. The molecule has 2 N–H and O–H groups in total. The number of aromatic nitrogens is 2. The van der Waals surface area contributed by atoms with Crippen molar-refractivity contribution in [3.8, 4) is 5.88 Å². The molecule has 0 aromatic carbocycles. The second-order valence-electron chi connectivity index (χ2n) is 5.52. The van der Waals surface area contributed by atoms with Crippen molar-refractivity contribution in [3.05, 3.63) is 5.69 Å². The van der Waals surface area contributed by atoms with Gasteiger partial charge < -0.3 is 15.4 Å². The smallest absolute Gasteiger partial charge is 0.236 e. The number of hydrogen-bond acceptors (Lipinski definition) is 4. The van der Waals surface area contributed by atoms with Crippen LogP contribution in [0.15, 0.2) is 0 Å². The fraction of sp³-hybridized carbons (Fsp3) is 0.769. The van der Waals surface area contributed by atoms with Crippen LogP contribution in [-0.4, -0.2) is 40.9 Å².